The van der Waals surface area contributed by atoms with E-state index in [0.29, 0.717) is 23.1 Å². The number of carbonyl (C=O) groups is 2. The smallest absolute Gasteiger partial charge is 0.261 e. The fraction of sp³-hybridized carbons (Fsp3) is 0.556. The van der Waals surface area contributed by atoms with Gasteiger partial charge in [0.25, 0.3) is 5.91 Å². The second-order valence-corrected chi connectivity index (χ2v) is 6.53. The van der Waals surface area contributed by atoms with Gasteiger partial charge in [0.1, 0.15) is 5.75 Å². The van der Waals surface area contributed by atoms with Gasteiger partial charge in [-0.05, 0) is 49.4 Å². The first-order chi connectivity index (χ1) is 10.9. The first-order valence-corrected chi connectivity index (χ1v) is 8.25. The summed E-state index contributed by atoms with van der Waals surface area (Å²) in [4.78, 5) is 23.4. The molecule has 126 valence electrons. The van der Waals surface area contributed by atoms with Crippen molar-refractivity contribution in [3.8, 4) is 5.75 Å². The molecule has 0 saturated heterocycles. The maximum absolute atomic E-state index is 12.3. The summed E-state index contributed by atoms with van der Waals surface area (Å²) in [6.45, 7) is 6.17. The number of primary amides is 1. The van der Waals surface area contributed by atoms with Crippen molar-refractivity contribution in [1.82, 2.24) is 5.32 Å². The molecule has 1 aromatic carbocycles. The summed E-state index contributed by atoms with van der Waals surface area (Å²) >= 11 is 0. The zero-order chi connectivity index (χ0) is 17.0. The van der Waals surface area contributed by atoms with Gasteiger partial charge in [0, 0.05) is 11.6 Å². The molecule has 0 aliphatic heterocycles. The molecule has 0 bridgehead atoms. The number of amides is 2. The molecule has 1 aromatic rings. The van der Waals surface area contributed by atoms with Gasteiger partial charge in [-0.3, -0.25) is 9.59 Å². The maximum Gasteiger partial charge on any atom is 0.261 e. The first-order valence-electron chi connectivity index (χ1n) is 8.25. The fourth-order valence-electron chi connectivity index (χ4n) is 3.04. The van der Waals surface area contributed by atoms with Crippen molar-refractivity contribution in [2.75, 3.05) is 0 Å². The third kappa shape index (κ3) is 4.47. The minimum atomic E-state index is -0.584. The lowest BCUT2D eigenvalue weighted by Crippen LogP contribution is -2.48. The molecule has 1 saturated carbocycles. The number of nitrogens with two attached hydrogens (primary N) is 1. The number of nitrogens with one attached hydrogen (secondary N) is 1. The van der Waals surface area contributed by atoms with E-state index in [1.54, 1.807) is 31.2 Å². The maximum atomic E-state index is 12.3. The number of carbonyl (C=O) groups excluding carboxylic acids is 2. The van der Waals surface area contributed by atoms with E-state index >= 15 is 0 Å². The molecular weight excluding hydrogens is 292 g/mol. The van der Waals surface area contributed by atoms with Crippen molar-refractivity contribution in [1.29, 1.82) is 0 Å². The van der Waals surface area contributed by atoms with E-state index in [1.807, 2.05) is 0 Å². The van der Waals surface area contributed by atoms with E-state index in [2.05, 4.69) is 19.2 Å². The molecule has 5 heteroatoms. The fourth-order valence-corrected chi connectivity index (χ4v) is 3.04. The first kappa shape index (κ1) is 17.3. The molecule has 1 aliphatic rings. The minimum absolute atomic E-state index is 0.102. The quantitative estimate of drug-likeness (QED) is 0.875. The van der Waals surface area contributed by atoms with E-state index in [4.69, 9.17) is 10.5 Å². The van der Waals surface area contributed by atoms with Crippen LogP contribution in [0, 0.1) is 11.8 Å². The molecule has 4 atom stereocenters. The molecule has 0 heterocycles. The van der Waals surface area contributed by atoms with Crippen LogP contribution in [0.3, 0.4) is 0 Å². The van der Waals surface area contributed by atoms with Crippen molar-refractivity contribution >= 4 is 11.8 Å². The van der Waals surface area contributed by atoms with Crippen LogP contribution < -0.4 is 15.8 Å². The number of hydrogen-bond acceptors (Lipinski definition) is 3. The summed E-state index contributed by atoms with van der Waals surface area (Å²) in [5, 5.41) is 3.11. The molecule has 23 heavy (non-hydrogen) atoms. The number of hydrogen-bond donors (Lipinski definition) is 2. The average Bonchev–Trinajstić information content (AvgIpc) is 2.52. The van der Waals surface area contributed by atoms with Crippen LogP contribution in [0.25, 0.3) is 0 Å². The van der Waals surface area contributed by atoms with Crippen molar-refractivity contribution in [3.63, 3.8) is 0 Å². The van der Waals surface area contributed by atoms with E-state index < -0.39 is 12.0 Å². The second kappa shape index (κ2) is 7.49. The third-order valence-electron chi connectivity index (χ3n) is 4.86. The van der Waals surface area contributed by atoms with Gasteiger partial charge in [0.15, 0.2) is 6.10 Å². The Hall–Kier alpha value is -2.04. The number of ether oxygens (including phenoxy) is 1. The molecule has 5 nitrogen and oxygen atoms in total. The van der Waals surface area contributed by atoms with Gasteiger partial charge < -0.3 is 15.8 Å². The Balaban J connectivity index is 1.90. The Labute approximate surface area is 137 Å². The summed E-state index contributed by atoms with van der Waals surface area (Å²) in [7, 11) is 0. The highest BCUT2D eigenvalue weighted by molar-refractivity contribution is 5.92. The van der Waals surface area contributed by atoms with Gasteiger partial charge >= 0.3 is 0 Å². The predicted octanol–water partition coefficient (Wildman–Crippen LogP) is 2.49. The number of benzene rings is 1. The van der Waals surface area contributed by atoms with Crippen LogP contribution in [-0.4, -0.2) is 24.0 Å². The van der Waals surface area contributed by atoms with Crippen LogP contribution in [0.15, 0.2) is 24.3 Å². The number of rotatable bonds is 5. The summed E-state index contributed by atoms with van der Waals surface area (Å²) in [6.07, 6.45) is 2.82. The molecular formula is C18H26N2O3. The van der Waals surface area contributed by atoms with Crippen LogP contribution >= 0.6 is 0 Å². The van der Waals surface area contributed by atoms with Gasteiger partial charge in [-0.25, -0.2) is 0 Å². The highest BCUT2D eigenvalue weighted by Crippen LogP contribution is 2.29. The Morgan fingerprint density at radius 2 is 1.87 bits per heavy atom. The molecule has 0 aromatic heterocycles. The summed E-state index contributed by atoms with van der Waals surface area (Å²) < 4.78 is 5.65. The highest BCUT2D eigenvalue weighted by Gasteiger charge is 2.29. The van der Waals surface area contributed by atoms with Crippen LogP contribution in [0.1, 0.15) is 50.4 Å². The highest BCUT2D eigenvalue weighted by atomic mass is 16.5. The lowest BCUT2D eigenvalue weighted by molar-refractivity contribution is -0.128. The Bertz CT molecular complexity index is 556. The summed E-state index contributed by atoms with van der Waals surface area (Å²) in [5.41, 5.74) is 5.61. The topological polar surface area (TPSA) is 81.4 Å². The zero-order valence-corrected chi connectivity index (χ0v) is 14.0. The van der Waals surface area contributed by atoms with Crippen LogP contribution in [0.5, 0.6) is 5.75 Å². The largest absolute Gasteiger partial charge is 0.481 e. The Morgan fingerprint density at radius 1 is 1.22 bits per heavy atom. The van der Waals surface area contributed by atoms with Gasteiger partial charge in [-0.2, -0.15) is 0 Å². The van der Waals surface area contributed by atoms with E-state index in [0.717, 1.165) is 12.8 Å². The van der Waals surface area contributed by atoms with Crippen molar-refractivity contribution in [2.24, 2.45) is 17.6 Å². The van der Waals surface area contributed by atoms with E-state index in [-0.39, 0.29) is 11.9 Å². The second-order valence-electron chi connectivity index (χ2n) is 6.53. The standard InChI is InChI=1S/C18H26N2O3/c1-11-5-4-6-16(12(11)2)20-18(22)13(3)23-15-9-7-14(8-10-15)17(19)21/h7-13,16H,4-6H2,1-3H3,(H2,19,21)(H,20,22)/t11-,12-,13-,16+/m1/s1. The molecule has 0 radical (unpaired) electrons. The van der Waals surface area contributed by atoms with Crippen LogP contribution in [0.2, 0.25) is 0 Å². The molecule has 3 N–H and O–H groups in total. The SMILES string of the molecule is C[C@@H]1[C@H](C)CCC[C@@H]1NC(=O)[C@@H](C)Oc1ccc(C(N)=O)cc1. The van der Waals surface area contributed by atoms with Gasteiger partial charge in [-0.1, -0.05) is 26.7 Å². The summed E-state index contributed by atoms with van der Waals surface area (Å²) in [6, 6.07) is 6.69. The Morgan fingerprint density at radius 3 is 2.48 bits per heavy atom. The van der Waals surface area contributed by atoms with Crippen LogP contribution in [-0.2, 0) is 4.79 Å². The van der Waals surface area contributed by atoms with E-state index in [9.17, 15) is 9.59 Å². The molecule has 2 amide bonds. The van der Waals surface area contributed by atoms with Gasteiger partial charge in [-0.15, -0.1) is 0 Å². The average molecular weight is 318 g/mol. The monoisotopic (exact) mass is 318 g/mol. The Kier molecular flexibility index (Phi) is 5.64. The van der Waals surface area contributed by atoms with Crippen LogP contribution in [0.4, 0.5) is 0 Å². The molecule has 2 rings (SSSR count). The van der Waals surface area contributed by atoms with Gasteiger partial charge in [0.05, 0.1) is 0 Å². The lowest BCUT2D eigenvalue weighted by Gasteiger charge is -2.35. The zero-order valence-electron chi connectivity index (χ0n) is 14.0. The van der Waals surface area contributed by atoms with Crippen molar-refractivity contribution in [2.45, 2.75) is 52.2 Å². The molecule has 0 spiro atoms. The van der Waals surface area contributed by atoms with Crippen molar-refractivity contribution in [3.05, 3.63) is 29.8 Å². The molecule has 1 fully saturated rings. The summed E-state index contributed by atoms with van der Waals surface area (Å²) in [5.74, 6) is 1.07. The molecule has 0 unspecified atom stereocenters. The predicted molar refractivity (Wildman–Crippen MR) is 89.2 cm³/mol. The van der Waals surface area contributed by atoms with Gasteiger partial charge in [0.2, 0.25) is 5.91 Å². The minimum Gasteiger partial charge on any atom is -0.481 e. The van der Waals surface area contributed by atoms with E-state index in [1.165, 1.54) is 6.42 Å². The lowest BCUT2D eigenvalue weighted by atomic mass is 9.78. The third-order valence-corrected chi connectivity index (χ3v) is 4.86. The van der Waals surface area contributed by atoms with Crippen molar-refractivity contribution < 1.29 is 14.3 Å². The molecule has 1 aliphatic carbocycles. The normalized spacial score (nSPS) is 25.4.